The van der Waals surface area contributed by atoms with Crippen LogP contribution in [0.25, 0.3) is 0 Å². The molecule has 1 aliphatic heterocycles. The second-order valence-corrected chi connectivity index (χ2v) is 6.78. The summed E-state index contributed by atoms with van der Waals surface area (Å²) < 4.78 is 0.960. The molecule has 0 unspecified atom stereocenters. The molecule has 1 heterocycles. The van der Waals surface area contributed by atoms with Gasteiger partial charge in [0, 0.05) is 50.2 Å². The van der Waals surface area contributed by atoms with Crippen LogP contribution in [0.4, 0.5) is 5.69 Å². The minimum Gasteiger partial charge on any atom is -0.339 e. The van der Waals surface area contributed by atoms with Crippen molar-refractivity contribution in [3.63, 3.8) is 0 Å². The van der Waals surface area contributed by atoms with Crippen molar-refractivity contribution in [2.45, 2.75) is 20.8 Å². The Morgan fingerprint density at radius 2 is 1.67 bits per heavy atom. The molecule has 0 N–H and O–H groups in total. The number of rotatable bonds is 3. The number of nitrogens with zero attached hydrogens (tertiary/aromatic N) is 3. The zero-order chi connectivity index (χ0) is 17.9. The van der Waals surface area contributed by atoms with Crippen LogP contribution in [0, 0.1) is 6.92 Å². The van der Waals surface area contributed by atoms with E-state index in [9.17, 15) is 14.4 Å². The molecule has 1 saturated heterocycles. The molecule has 1 aromatic carbocycles. The number of hydrogen-bond acceptors (Lipinski definition) is 3. The molecule has 0 atom stereocenters. The summed E-state index contributed by atoms with van der Waals surface area (Å²) >= 11 is 3.44. The van der Waals surface area contributed by atoms with Gasteiger partial charge in [0.25, 0.3) is 0 Å². The fraction of sp³-hybridized carbons (Fsp3) is 0.471. The van der Waals surface area contributed by atoms with E-state index in [0.717, 1.165) is 10.0 Å². The highest BCUT2D eigenvalue weighted by Gasteiger charge is 2.25. The minimum atomic E-state index is -0.174. The van der Waals surface area contributed by atoms with Crippen LogP contribution >= 0.6 is 15.9 Å². The molecule has 0 spiro atoms. The largest absolute Gasteiger partial charge is 0.339 e. The summed E-state index contributed by atoms with van der Waals surface area (Å²) in [6, 6.07) is 5.57. The first-order valence-electron chi connectivity index (χ1n) is 7.87. The number of carbonyl (C=O) groups is 3. The van der Waals surface area contributed by atoms with Gasteiger partial charge in [-0.25, -0.2) is 0 Å². The molecule has 1 fully saturated rings. The van der Waals surface area contributed by atoms with Gasteiger partial charge in [-0.05, 0) is 30.7 Å². The van der Waals surface area contributed by atoms with Crippen LogP contribution in [0.5, 0.6) is 0 Å². The lowest BCUT2D eigenvalue weighted by Crippen LogP contribution is -2.52. The van der Waals surface area contributed by atoms with Crippen LogP contribution in [-0.2, 0) is 14.4 Å². The number of hydrogen-bond donors (Lipinski definition) is 0. The summed E-state index contributed by atoms with van der Waals surface area (Å²) in [4.78, 5) is 40.8. The van der Waals surface area contributed by atoms with E-state index in [0.29, 0.717) is 31.9 Å². The Balaban J connectivity index is 2.05. The second kappa shape index (κ2) is 7.79. The Morgan fingerprint density at radius 1 is 1.08 bits per heavy atom. The Labute approximate surface area is 150 Å². The number of amides is 3. The summed E-state index contributed by atoms with van der Waals surface area (Å²) in [6.45, 7) is 7.03. The molecule has 130 valence electrons. The van der Waals surface area contributed by atoms with Gasteiger partial charge in [0.2, 0.25) is 17.7 Å². The van der Waals surface area contributed by atoms with E-state index in [2.05, 4.69) is 15.9 Å². The van der Waals surface area contributed by atoms with E-state index >= 15 is 0 Å². The van der Waals surface area contributed by atoms with Crippen LogP contribution in [0.1, 0.15) is 19.4 Å². The number of aryl methyl sites for hydroxylation is 1. The van der Waals surface area contributed by atoms with E-state index in [1.165, 1.54) is 18.7 Å². The first kappa shape index (κ1) is 18.4. The Hall–Kier alpha value is -1.89. The Kier molecular flexibility index (Phi) is 5.99. The molecule has 0 aromatic heterocycles. The van der Waals surface area contributed by atoms with Crippen molar-refractivity contribution in [1.29, 1.82) is 0 Å². The topological polar surface area (TPSA) is 60.9 Å². The standard InChI is InChI=1S/C17H22BrN3O3/c1-12-10-15(4-5-16(12)18)21(14(3)23)11-17(24)20-8-6-19(7-9-20)13(2)22/h4-5,10H,6-9,11H2,1-3H3. The van der Waals surface area contributed by atoms with Gasteiger partial charge in [-0.2, -0.15) is 0 Å². The highest BCUT2D eigenvalue weighted by molar-refractivity contribution is 9.10. The molecule has 2 rings (SSSR count). The summed E-state index contributed by atoms with van der Waals surface area (Å²) in [5, 5.41) is 0. The molecule has 0 bridgehead atoms. The number of carbonyl (C=O) groups excluding carboxylic acids is 3. The molecule has 0 saturated carbocycles. The third kappa shape index (κ3) is 4.35. The van der Waals surface area contributed by atoms with Crippen LogP contribution < -0.4 is 4.90 Å². The first-order chi connectivity index (χ1) is 11.3. The van der Waals surface area contributed by atoms with Crippen LogP contribution in [0.15, 0.2) is 22.7 Å². The van der Waals surface area contributed by atoms with Gasteiger partial charge in [0.05, 0.1) is 0 Å². The van der Waals surface area contributed by atoms with Crippen molar-refractivity contribution in [3.8, 4) is 0 Å². The van der Waals surface area contributed by atoms with E-state index < -0.39 is 0 Å². The quantitative estimate of drug-likeness (QED) is 0.783. The van der Waals surface area contributed by atoms with E-state index in [4.69, 9.17) is 0 Å². The maximum atomic E-state index is 12.5. The third-order valence-corrected chi connectivity index (χ3v) is 5.09. The SMILES string of the molecule is CC(=O)N1CCN(C(=O)CN(C(C)=O)c2ccc(Br)c(C)c2)CC1. The van der Waals surface area contributed by atoms with Crippen molar-refractivity contribution < 1.29 is 14.4 Å². The fourth-order valence-corrected chi connectivity index (χ4v) is 2.93. The van der Waals surface area contributed by atoms with Gasteiger partial charge >= 0.3 is 0 Å². The van der Waals surface area contributed by atoms with E-state index in [-0.39, 0.29) is 24.3 Å². The molecule has 7 heteroatoms. The number of piperazine rings is 1. The van der Waals surface area contributed by atoms with Gasteiger partial charge in [0.1, 0.15) is 6.54 Å². The van der Waals surface area contributed by atoms with Crippen molar-refractivity contribution in [2.24, 2.45) is 0 Å². The number of benzene rings is 1. The highest BCUT2D eigenvalue weighted by atomic mass is 79.9. The van der Waals surface area contributed by atoms with Crippen molar-refractivity contribution in [3.05, 3.63) is 28.2 Å². The van der Waals surface area contributed by atoms with Gasteiger partial charge in [-0.3, -0.25) is 14.4 Å². The van der Waals surface area contributed by atoms with Crippen LogP contribution in [-0.4, -0.2) is 60.2 Å². The fourth-order valence-electron chi connectivity index (χ4n) is 2.69. The third-order valence-electron chi connectivity index (χ3n) is 4.20. The monoisotopic (exact) mass is 395 g/mol. The lowest BCUT2D eigenvalue weighted by molar-refractivity contribution is -0.137. The smallest absolute Gasteiger partial charge is 0.242 e. The summed E-state index contributed by atoms with van der Waals surface area (Å²) in [5.41, 5.74) is 1.71. The normalized spacial score (nSPS) is 14.5. The maximum Gasteiger partial charge on any atom is 0.242 e. The van der Waals surface area contributed by atoms with Gasteiger partial charge in [-0.15, -0.1) is 0 Å². The van der Waals surface area contributed by atoms with Gasteiger partial charge in [-0.1, -0.05) is 15.9 Å². The molecular weight excluding hydrogens is 374 g/mol. The zero-order valence-electron chi connectivity index (χ0n) is 14.2. The molecule has 3 amide bonds. The number of anilines is 1. The van der Waals surface area contributed by atoms with Crippen molar-refractivity contribution >= 4 is 39.3 Å². The van der Waals surface area contributed by atoms with Gasteiger partial charge < -0.3 is 14.7 Å². The molecule has 0 aliphatic carbocycles. The molecular formula is C17H22BrN3O3. The second-order valence-electron chi connectivity index (χ2n) is 5.93. The summed E-state index contributed by atoms with van der Waals surface area (Å²) in [6.07, 6.45) is 0. The van der Waals surface area contributed by atoms with Gasteiger partial charge in [0.15, 0.2) is 0 Å². The van der Waals surface area contributed by atoms with E-state index in [1.54, 1.807) is 9.80 Å². The lowest BCUT2D eigenvalue weighted by atomic mass is 10.2. The van der Waals surface area contributed by atoms with Crippen LogP contribution in [0.2, 0.25) is 0 Å². The average Bonchev–Trinajstić information content (AvgIpc) is 2.55. The maximum absolute atomic E-state index is 12.5. The average molecular weight is 396 g/mol. The molecule has 1 aliphatic rings. The van der Waals surface area contributed by atoms with E-state index in [1.807, 2.05) is 25.1 Å². The Morgan fingerprint density at radius 3 is 2.17 bits per heavy atom. The molecule has 0 radical (unpaired) electrons. The summed E-state index contributed by atoms with van der Waals surface area (Å²) in [7, 11) is 0. The Bertz CT molecular complexity index is 654. The molecule has 24 heavy (non-hydrogen) atoms. The van der Waals surface area contributed by atoms with Crippen molar-refractivity contribution in [1.82, 2.24) is 9.80 Å². The van der Waals surface area contributed by atoms with Crippen LogP contribution in [0.3, 0.4) is 0 Å². The zero-order valence-corrected chi connectivity index (χ0v) is 15.8. The first-order valence-corrected chi connectivity index (χ1v) is 8.66. The lowest BCUT2D eigenvalue weighted by Gasteiger charge is -2.35. The molecule has 6 nitrogen and oxygen atoms in total. The number of halogens is 1. The predicted molar refractivity (Wildman–Crippen MR) is 95.7 cm³/mol. The highest BCUT2D eigenvalue weighted by Crippen LogP contribution is 2.23. The predicted octanol–water partition coefficient (Wildman–Crippen LogP) is 1.80. The molecule has 1 aromatic rings. The minimum absolute atomic E-state index is 0.0104. The summed E-state index contributed by atoms with van der Waals surface area (Å²) in [5.74, 6) is -0.251. The van der Waals surface area contributed by atoms with Crippen molar-refractivity contribution in [2.75, 3.05) is 37.6 Å².